The summed E-state index contributed by atoms with van der Waals surface area (Å²) in [5.74, 6) is 3.91. The van der Waals surface area contributed by atoms with E-state index < -0.39 is 0 Å². The molecule has 4 saturated carbocycles. The molecule has 0 aromatic carbocycles. The van der Waals surface area contributed by atoms with Crippen LogP contribution >= 0.6 is 0 Å². The summed E-state index contributed by atoms with van der Waals surface area (Å²) < 4.78 is 0. The van der Waals surface area contributed by atoms with Gasteiger partial charge in [0.1, 0.15) is 0 Å². The Balaban J connectivity index is 1.61. The van der Waals surface area contributed by atoms with Crippen LogP contribution in [0.25, 0.3) is 0 Å². The molecule has 4 aliphatic rings. The van der Waals surface area contributed by atoms with Gasteiger partial charge in [-0.05, 0) is 74.0 Å². The fraction of sp³-hybridized carbons (Fsp3) is 1.00. The van der Waals surface area contributed by atoms with Gasteiger partial charge in [-0.2, -0.15) is 0 Å². The highest BCUT2D eigenvalue weighted by Gasteiger charge is 2.50. The van der Waals surface area contributed by atoms with Gasteiger partial charge < -0.3 is 10.2 Å². The van der Waals surface area contributed by atoms with Crippen LogP contribution in [0.1, 0.15) is 77.0 Å². The standard InChI is InChI=1S/C20H34O2/c21-17-11-9-13-5-1-3-7-15(13)19(17)20-16-8-4-2-6-14(16)10-12-18(20)22/h13-22H,1-12H2/t13?,14?,15?,16?,17?,18?,19-,20?/m1/s1. The number of aliphatic hydroxyl groups is 2. The van der Waals surface area contributed by atoms with Gasteiger partial charge in [-0.25, -0.2) is 0 Å². The fourth-order valence-electron chi connectivity index (χ4n) is 7.01. The van der Waals surface area contributed by atoms with Crippen molar-refractivity contribution in [2.45, 2.75) is 89.3 Å². The molecule has 0 spiro atoms. The molecule has 0 aliphatic heterocycles. The number of hydrogen-bond donors (Lipinski definition) is 2. The topological polar surface area (TPSA) is 40.5 Å². The third kappa shape index (κ3) is 2.65. The Morgan fingerprint density at radius 1 is 0.455 bits per heavy atom. The molecule has 0 saturated heterocycles. The zero-order valence-corrected chi connectivity index (χ0v) is 14.0. The highest BCUT2D eigenvalue weighted by Crippen LogP contribution is 2.54. The van der Waals surface area contributed by atoms with Gasteiger partial charge in [0.2, 0.25) is 0 Å². The first-order valence-corrected chi connectivity index (χ1v) is 10.1. The lowest BCUT2D eigenvalue weighted by atomic mass is 9.53. The molecule has 4 aliphatic carbocycles. The molecule has 0 aromatic heterocycles. The molecule has 0 heterocycles. The maximum Gasteiger partial charge on any atom is 0.0575 e. The van der Waals surface area contributed by atoms with Crippen LogP contribution in [-0.4, -0.2) is 22.4 Å². The van der Waals surface area contributed by atoms with Crippen molar-refractivity contribution in [3.05, 3.63) is 0 Å². The lowest BCUT2D eigenvalue weighted by molar-refractivity contribution is -0.123. The van der Waals surface area contributed by atoms with E-state index in [1.807, 2.05) is 0 Å². The molecule has 126 valence electrons. The van der Waals surface area contributed by atoms with E-state index in [1.165, 1.54) is 64.2 Å². The Morgan fingerprint density at radius 2 is 0.864 bits per heavy atom. The minimum absolute atomic E-state index is 0.139. The largest absolute Gasteiger partial charge is 0.393 e. The normalized spacial score (nSPS) is 52.6. The molecule has 8 atom stereocenters. The summed E-state index contributed by atoms with van der Waals surface area (Å²) in [4.78, 5) is 0. The summed E-state index contributed by atoms with van der Waals surface area (Å²) in [5.41, 5.74) is 0. The highest BCUT2D eigenvalue weighted by atomic mass is 16.3. The monoisotopic (exact) mass is 306 g/mol. The van der Waals surface area contributed by atoms with Crippen LogP contribution in [0.4, 0.5) is 0 Å². The molecule has 2 heteroatoms. The summed E-state index contributed by atoms with van der Waals surface area (Å²) >= 11 is 0. The average molecular weight is 306 g/mol. The zero-order chi connectivity index (χ0) is 15.1. The number of aliphatic hydroxyl groups excluding tert-OH is 2. The third-order valence-electron chi connectivity index (χ3n) is 7.92. The van der Waals surface area contributed by atoms with E-state index in [1.54, 1.807) is 0 Å². The van der Waals surface area contributed by atoms with E-state index >= 15 is 0 Å². The van der Waals surface area contributed by atoms with Crippen LogP contribution in [0, 0.1) is 35.5 Å². The highest BCUT2D eigenvalue weighted by molar-refractivity contribution is 5.00. The maximum absolute atomic E-state index is 10.9. The zero-order valence-electron chi connectivity index (χ0n) is 14.0. The Hall–Kier alpha value is -0.0800. The molecule has 0 aromatic rings. The predicted octanol–water partition coefficient (Wildman–Crippen LogP) is 4.14. The predicted molar refractivity (Wildman–Crippen MR) is 88.4 cm³/mol. The van der Waals surface area contributed by atoms with Crippen molar-refractivity contribution in [2.24, 2.45) is 35.5 Å². The van der Waals surface area contributed by atoms with Crippen molar-refractivity contribution >= 4 is 0 Å². The van der Waals surface area contributed by atoms with E-state index in [0.717, 1.165) is 24.7 Å². The molecular weight excluding hydrogens is 272 g/mol. The minimum Gasteiger partial charge on any atom is -0.393 e. The van der Waals surface area contributed by atoms with Gasteiger partial charge in [0.15, 0.2) is 0 Å². The van der Waals surface area contributed by atoms with Crippen molar-refractivity contribution in [1.82, 2.24) is 0 Å². The molecular formula is C20H34O2. The van der Waals surface area contributed by atoms with Gasteiger partial charge >= 0.3 is 0 Å². The van der Waals surface area contributed by atoms with Crippen LogP contribution in [0.2, 0.25) is 0 Å². The lowest BCUT2D eigenvalue weighted by Gasteiger charge is -2.54. The van der Waals surface area contributed by atoms with E-state index in [0.29, 0.717) is 23.7 Å². The maximum atomic E-state index is 10.9. The van der Waals surface area contributed by atoms with Gasteiger partial charge in [-0.3, -0.25) is 0 Å². The van der Waals surface area contributed by atoms with Gasteiger partial charge in [0.25, 0.3) is 0 Å². The van der Waals surface area contributed by atoms with Crippen molar-refractivity contribution < 1.29 is 10.2 Å². The van der Waals surface area contributed by atoms with Crippen molar-refractivity contribution in [3.63, 3.8) is 0 Å². The molecule has 0 amide bonds. The van der Waals surface area contributed by atoms with Crippen molar-refractivity contribution in [1.29, 1.82) is 0 Å². The Labute approximate surface area is 135 Å². The van der Waals surface area contributed by atoms with Gasteiger partial charge in [0, 0.05) is 0 Å². The van der Waals surface area contributed by atoms with Crippen molar-refractivity contribution in [3.8, 4) is 0 Å². The number of rotatable bonds is 1. The van der Waals surface area contributed by atoms with Gasteiger partial charge in [-0.1, -0.05) is 38.5 Å². The number of fused-ring (bicyclic) bond motifs is 2. The van der Waals surface area contributed by atoms with E-state index in [-0.39, 0.29) is 12.2 Å². The van der Waals surface area contributed by atoms with Crippen molar-refractivity contribution in [2.75, 3.05) is 0 Å². The smallest absolute Gasteiger partial charge is 0.0575 e. The first-order chi connectivity index (χ1) is 10.8. The number of hydrogen-bond acceptors (Lipinski definition) is 2. The first-order valence-electron chi connectivity index (χ1n) is 10.1. The molecule has 7 unspecified atom stereocenters. The summed E-state index contributed by atoms with van der Waals surface area (Å²) in [6.45, 7) is 0. The third-order valence-corrected chi connectivity index (χ3v) is 7.92. The lowest BCUT2D eigenvalue weighted by Crippen LogP contribution is -2.52. The molecule has 2 N–H and O–H groups in total. The Morgan fingerprint density at radius 3 is 1.32 bits per heavy atom. The molecule has 0 radical (unpaired) electrons. The van der Waals surface area contributed by atoms with Crippen LogP contribution < -0.4 is 0 Å². The first kappa shape index (κ1) is 15.4. The van der Waals surface area contributed by atoms with E-state index in [9.17, 15) is 10.2 Å². The fourth-order valence-corrected chi connectivity index (χ4v) is 7.01. The summed E-state index contributed by atoms with van der Waals surface area (Å²) in [5, 5.41) is 21.7. The molecule has 4 rings (SSSR count). The molecule has 2 nitrogen and oxygen atoms in total. The molecule has 22 heavy (non-hydrogen) atoms. The minimum atomic E-state index is -0.139. The second kappa shape index (κ2) is 6.43. The second-order valence-electron chi connectivity index (χ2n) is 8.86. The second-order valence-corrected chi connectivity index (χ2v) is 8.86. The summed E-state index contributed by atoms with van der Waals surface area (Å²) in [7, 11) is 0. The Kier molecular flexibility index (Phi) is 4.52. The molecule has 0 bridgehead atoms. The summed E-state index contributed by atoms with van der Waals surface area (Å²) in [6.07, 6.45) is 15.0. The van der Waals surface area contributed by atoms with Crippen LogP contribution in [-0.2, 0) is 0 Å². The van der Waals surface area contributed by atoms with Crippen LogP contribution in [0.15, 0.2) is 0 Å². The quantitative estimate of drug-likeness (QED) is 0.764. The van der Waals surface area contributed by atoms with Gasteiger partial charge in [0.05, 0.1) is 12.2 Å². The molecule has 4 fully saturated rings. The Bertz CT molecular complexity index is 346. The average Bonchev–Trinajstić information content (AvgIpc) is 2.56. The van der Waals surface area contributed by atoms with Gasteiger partial charge in [-0.15, -0.1) is 0 Å². The van der Waals surface area contributed by atoms with Crippen LogP contribution in [0.5, 0.6) is 0 Å². The summed E-state index contributed by atoms with van der Waals surface area (Å²) in [6, 6.07) is 0. The van der Waals surface area contributed by atoms with E-state index in [2.05, 4.69) is 0 Å². The SMILES string of the molecule is OC1CCC2CCCCC2C1[C@H]1C(O)CCC2CCCCC21. The van der Waals surface area contributed by atoms with Crippen LogP contribution in [0.3, 0.4) is 0 Å². The van der Waals surface area contributed by atoms with E-state index in [4.69, 9.17) is 0 Å².